The van der Waals surface area contributed by atoms with Gasteiger partial charge in [0.25, 0.3) is 5.91 Å². The predicted molar refractivity (Wildman–Crippen MR) is 85.6 cm³/mol. The van der Waals surface area contributed by atoms with Crippen LogP contribution < -0.4 is 10.6 Å². The number of hydrogen-bond donors (Lipinski definition) is 2. The van der Waals surface area contributed by atoms with E-state index in [9.17, 15) is 4.79 Å². The predicted octanol–water partition coefficient (Wildman–Crippen LogP) is 2.60. The zero-order chi connectivity index (χ0) is 14.7. The molecule has 5 heteroatoms. The van der Waals surface area contributed by atoms with Gasteiger partial charge in [0, 0.05) is 23.5 Å². The molecule has 2 N–H and O–H groups in total. The largest absolute Gasteiger partial charge is 0.349 e. The summed E-state index contributed by atoms with van der Waals surface area (Å²) >= 11 is 1.52. The number of nitrogens with zero attached hydrogens (tertiary/aromatic N) is 1. The van der Waals surface area contributed by atoms with E-state index in [-0.39, 0.29) is 5.91 Å². The summed E-state index contributed by atoms with van der Waals surface area (Å²) in [6, 6.07) is 8.51. The molecule has 0 radical (unpaired) electrons. The van der Waals surface area contributed by atoms with Crippen LogP contribution in [0.4, 0.5) is 0 Å². The van der Waals surface area contributed by atoms with Gasteiger partial charge in [-0.05, 0) is 31.9 Å². The Balaban J connectivity index is 1.66. The number of aryl methyl sites for hydroxylation is 1. The molecule has 0 saturated carbocycles. The molecule has 1 amide bonds. The van der Waals surface area contributed by atoms with Crippen LogP contribution in [-0.4, -0.2) is 30.0 Å². The van der Waals surface area contributed by atoms with E-state index in [2.05, 4.69) is 28.6 Å². The molecule has 1 aromatic heterocycles. The van der Waals surface area contributed by atoms with E-state index < -0.39 is 0 Å². The fourth-order valence-electron chi connectivity index (χ4n) is 2.55. The quantitative estimate of drug-likeness (QED) is 0.912. The monoisotopic (exact) mass is 301 g/mol. The summed E-state index contributed by atoms with van der Waals surface area (Å²) in [6.45, 7) is 3.78. The average Bonchev–Trinajstić information content (AvgIpc) is 3.17. The molecule has 1 aromatic carbocycles. The lowest BCUT2D eigenvalue weighted by atomic mass is 10.1. The van der Waals surface area contributed by atoms with E-state index in [1.54, 1.807) is 0 Å². The van der Waals surface area contributed by atoms with Crippen molar-refractivity contribution < 1.29 is 4.79 Å². The first kappa shape index (κ1) is 14.2. The smallest absolute Gasteiger partial charge is 0.270 e. The molecule has 0 aliphatic carbocycles. The van der Waals surface area contributed by atoms with Gasteiger partial charge in [-0.1, -0.05) is 24.3 Å². The summed E-state index contributed by atoms with van der Waals surface area (Å²) in [5, 5.41) is 9.07. The zero-order valence-electron chi connectivity index (χ0n) is 12.1. The minimum absolute atomic E-state index is 0.0835. The summed E-state index contributed by atoms with van der Waals surface area (Å²) in [5.41, 5.74) is 2.78. The number of aromatic nitrogens is 1. The van der Waals surface area contributed by atoms with Gasteiger partial charge in [0.2, 0.25) is 0 Å². The third kappa shape index (κ3) is 3.31. The number of hydrogen-bond acceptors (Lipinski definition) is 4. The molecule has 1 unspecified atom stereocenters. The van der Waals surface area contributed by atoms with Gasteiger partial charge in [-0.3, -0.25) is 4.79 Å². The molecule has 3 rings (SSSR count). The highest BCUT2D eigenvalue weighted by Gasteiger charge is 2.17. The van der Waals surface area contributed by atoms with Crippen molar-refractivity contribution in [3.8, 4) is 10.6 Å². The van der Waals surface area contributed by atoms with Crippen molar-refractivity contribution in [1.82, 2.24) is 15.6 Å². The Morgan fingerprint density at radius 3 is 3.10 bits per heavy atom. The van der Waals surface area contributed by atoms with Crippen molar-refractivity contribution in [2.45, 2.75) is 25.8 Å². The van der Waals surface area contributed by atoms with Crippen LogP contribution >= 0.6 is 11.3 Å². The van der Waals surface area contributed by atoms with Crippen LogP contribution in [0.1, 0.15) is 28.9 Å². The Kier molecular flexibility index (Phi) is 4.31. The van der Waals surface area contributed by atoms with Gasteiger partial charge in [0.15, 0.2) is 0 Å². The minimum atomic E-state index is -0.0835. The highest BCUT2D eigenvalue weighted by Crippen LogP contribution is 2.26. The summed E-state index contributed by atoms with van der Waals surface area (Å²) in [7, 11) is 0. The molecule has 1 fully saturated rings. The molecule has 2 aromatic rings. The fourth-order valence-corrected chi connectivity index (χ4v) is 3.44. The number of nitrogens with one attached hydrogen (secondary N) is 2. The summed E-state index contributed by atoms with van der Waals surface area (Å²) < 4.78 is 0. The van der Waals surface area contributed by atoms with Crippen LogP contribution in [-0.2, 0) is 0 Å². The Labute approximate surface area is 128 Å². The van der Waals surface area contributed by atoms with E-state index in [1.807, 2.05) is 23.6 Å². The lowest BCUT2D eigenvalue weighted by Gasteiger charge is -2.10. The van der Waals surface area contributed by atoms with Crippen molar-refractivity contribution >= 4 is 17.2 Å². The number of benzene rings is 1. The lowest BCUT2D eigenvalue weighted by Crippen LogP contribution is -2.37. The van der Waals surface area contributed by atoms with Crippen LogP contribution in [0.25, 0.3) is 10.6 Å². The standard InChI is InChI=1S/C16H19N3OS/c1-11-5-2-3-7-13(11)16-19-14(10-21-16)15(20)18-9-12-6-4-8-17-12/h2-3,5,7,10,12,17H,4,6,8-9H2,1H3,(H,18,20). The third-order valence-corrected chi connectivity index (χ3v) is 4.66. The number of carbonyl (C=O) groups is 1. The van der Waals surface area contributed by atoms with Crippen molar-refractivity contribution in [1.29, 1.82) is 0 Å². The molecule has 1 atom stereocenters. The molecular formula is C16H19N3OS. The minimum Gasteiger partial charge on any atom is -0.349 e. The van der Waals surface area contributed by atoms with E-state index in [4.69, 9.17) is 0 Å². The number of thiazole rings is 1. The topological polar surface area (TPSA) is 54.0 Å². The van der Waals surface area contributed by atoms with Gasteiger partial charge in [-0.25, -0.2) is 4.98 Å². The first-order valence-corrected chi connectivity index (χ1v) is 8.15. The molecule has 2 heterocycles. The van der Waals surface area contributed by atoms with Gasteiger partial charge < -0.3 is 10.6 Å². The maximum absolute atomic E-state index is 12.1. The SMILES string of the molecule is Cc1ccccc1-c1nc(C(=O)NCC2CCCN2)cs1. The Hall–Kier alpha value is -1.72. The first-order chi connectivity index (χ1) is 10.2. The van der Waals surface area contributed by atoms with Crippen molar-refractivity contribution in [2.75, 3.05) is 13.1 Å². The Morgan fingerprint density at radius 1 is 1.48 bits per heavy atom. The van der Waals surface area contributed by atoms with Crippen LogP contribution in [0, 0.1) is 6.92 Å². The molecular weight excluding hydrogens is 282 g/mol. The summed E-state index contributed by atoms with van der Waals surface area (Å²) in [5.74, 6) is -0.0835. The third-order valence-electron chi connectivity index (χ3n) is 3.78. The Bertz CT molecular complexity index is 632. The van der Waals surface area contributed by atoms with Crippen LogP contribution in [0.2, 0.25) is 0 Å². The van der Waals surface area contributed by atoms with Gasteiger partial charge >= 0.3 is 0 Å². The van der Waals surface area contributed by atoms with Gasteiger partial charge in [-0.15, -0.1) is 11.3 Å². The van der Waals surface area contributed by atoms with Crippen LogP contribution in [0.3, 0.4) is 0 Å². The highest BCUT2D eigenvalue weighted by atomic mass is 32.1. The lowest BCUT2D eigenvalue weighted by molar-refractivity contribution is 0.0946. The van der Waals surface area contributed by atoms with Crippen molar-refractivity contribution in [3.05, 3.63) is 40.9 Å². The molecule has 1 aliphatic rings. The number of rotatable bonds is 4. The van der Waals surface area contributed by atoms with E-state index in [1.165, 1.54) is 23.3 Å². The fraction of sp³-hybridized carbons (Fsp3) is 0.375. The molecule has 0 bridgehead atoms. The second-order valence-corrected chi connectivity index (χ2v) is 6.21. The molecule has 110 valence electrons. The molecule has 0 spiro atoms. The molecule has 1 saturated heterocycles. The maximum Gasteiger partial charge on any atom is 0.270 e. The Morgan fingerprint density at radius 2 is 2.33 bits per heavy atom. The number of carbonyl (C=O) groups excluding carboxylic acids is 1. The summed E-state index contributed by atoms with van der Waals surface area (Å²) in [4.78, 5) is 16.6. The van der Waals surface area contributed by atoms with Gasteiger partial charge in [-0.2, -0.15) is 0 Å². The molecule has 1 aliphatic heterocycles. The summed E-state index contributed by atoms with van der Waals surface area (Å²) in [6.07, 6.45) is 2.32. The van der Waals surface area contributed by atoms with E-state index >= 15 is 0 Å². The van der Waals surface area contributed by atoms with Crippen molar-refractivity contribution in [2.24, 2.45) is 0 Å². The van der Waals surface area contributed by atoms with Crippen molar-refractivity contribution in [3.63, 3.8) is 0 Å². The zero-order valence-corrected chi connectivity index (χ0v) is 12.9. The van der Waals surface area contributed by atoms with Gasteiger partial charge in [0.1, 0.15) is 10.7 Å². The van der Waals surface area contributed by atoms with E-state index in [0.717, 1.165) is 23.5 Å². The highest BCUT2D eigenvalue weighted by molar-refractivity contribution is 7.13. The second kappa shape index (κ2) is 6.37. The van der Waals surface area contributed by atoms with Crippen LogP contribution in [0.5, 0.6) is 0 Å². The van der Waals surface area contributed by atoms with Gasteiger partial charge in [0.05, 0.1) is 0 Å². The average molecular weight is 301 g/mol. The normalized spacial score (nSPS) is 17.9. The second-order valence-electron chi connectivity index (χ2n) is 5.36. The molecule has 21 heavy (non-hydrogen) atoms. The maximum atomic E-state index is 12.1. The van der Waals surface area contributed by atoms with Crippen LogP contribution in [0.15, 0.2) is 29.6 Å². The first-order valence-electron chi connectivity index (χ1n) is 7.27. The number of amides is 1. The molecule has 4 nitrogen and oxygen atoms in total. The van der Waals surface area contributed by atoms with E-state index in [0.29, 0.717) is 18.3 Å².